The number of amides is 2. The van der Waals surface area contributed by atoms with Crippen LogP contribution >= 0.6 is 12.2 Å². The van der Waals surface area contributed by atoms with Crippen LogP contribution in [0.2, 0.25) is 0 Å². The number of hydrogen-bond donors (Lipinski definition) is 3. The lowest BCUT2D eigenvalue weighted by atomic mass is 10.1. The molecule has 6 heteroatoms. The van der Waals surface area contributed by atoms with Crippen LogP contribution in [0.3, 0.4) is 0 Å². The summed E-state index contributed by atoms with van der Waals surface area (Å²) < 4.78 is 0. The van der Waals surface area contributed by atoms with Crippen molar-refractivity contribution in [2.24, 2.45) is 0 Å². The van der Waals surface area contributed by atoms with Crippen molar-refractivity contribution in [3.63, 3.8) is 0 Å². The van der Waals surface area contributed by atoms with Crippen LogP contribution in [0.1, 0.15) is 105 Å². The second-order valence-corrected chi connectivity index (χ2v) is 9.99. The van der Waals surface area contributed by atoms with E-state index in [9.17, 15) is 9.59 Å². The van der Waals surface area contributed by atoms with Gasteiger partial charge in [0, 0.05) is 12.1 Å². The lowest BCUT2D eigenvalue weighted by Gasteiger charge is -2.14. The number of hydrogen-bond acceptors (Lipinski definition) is 3. The minimum Gasteiger partial charge on any atom is -0.332 e. The Labute approximate surface area is 222 Å². The first kappa shape index (κ1) is 29.5. The Kier molecular flexibility index (Phi) is 13.8. The maximum absolute atomic E-state index is 12.9. The first-order chi connectivity index (χ1) is 17.4. The number of thiocarbonyl (C=S) groups is 1. The average molecular weight is 510 g/mol. The fourth-order valence-electron chi connectivity index (χ4n) is 4.10. The normalized spacial score (nSPS) is 10.6. The van der Waals surface area contributed by atoms with Gasteiger partial charge in [0.2, 0.25) is 5.91 Å². The number of rotatable bonds is 15. The summed E-state index contributed by atoms with van der Waals surface area (Å²) in [7, 11) is 0. The van der Waals surface area contributed by atoms with E-state index in [0.717, 1.165) is 24.1 Å². The van der Waals surface area contributed by atoms with Crippen molar-refractivity contribution in [1.29, 1.82) is 0 Å². The Hall–Kier alpha value is -2.73. The number of para-hydroxylation sites is 1. The number of carbonyl (C=O) groups excluding carboxylic acids is 2. The number of carbonyl (C=O) groups is 2. The van der Waals surface area contributed by atoms with Gasteiger partial charge in [0.1, 0.15) is 0 Å². The predicted octanol–water partition coefficient (Wildman–Crippen LogP) is 8.07. The van der Waals surface area contributed by atoms with Crippen LogP contribution in [-0.2, 0) is 4.79 Å². The van der Waals surface area contributed by atoms with E-state index < -0.39 is 0 Å². The predicted molar refractivity (Wildman–Crippen MR) is 156 cm³/mol. The van der Waals surface area contributed by atoms with E-state index in [-0.39, 0.29) is 16.9 Å². The molecule has 5 nitrogen and oxygen atoms in total. The smallest absolute Gasteiger partial charge is 0.257 e. The van der Waals surface area contributed by atoms with Crippen LogP contribution in [0.15, 0.2) is 42.5 Å². The lowest BCUT2D eigenvalue weighted by Crippen LogP contribution is -2.34. The molecule has 2 aromatic rings. The molecule has 0 radical (unpaired) electrons. The average Bonchev–Trinajstić information content (AvgIpc) is 2.85. The van der Waals surface area contributed by atoms with Crippen LogP contribution in [0.5, 0.6) is 0 Å². The summed E-state index contributed by atoms with van der Waals surface area (Å²) in [5.41, 5.74) is 4.03. The molecular formula is C30H43N3O2S. The summed E-state index contributed by atoms with van der Waals surface area (Å²) in [6.45, 7) is 6.30. The van der Waals surface area contributed by atoms with Crippen molar-refractivity contribution >= 4 is 40.5 Å². The van der Waals surface area contributed by atoms with Crippen LogP contribution in [-0.4, -0.2) is 16.9 Å². The van der Waals surface area contributed by atoms with Gasteiger partial charge in [0.25, 0.3) is 5.91 Å². The Morgan fingerprint density at radius 3 is 2.00 bits per heavy atom. The molecule has 0 fully saturated rings. The van der Waals surface area contributed by atoms with E-state index >= 15 is 0 Å². The van der Waals surface area contributed by atoms with Crippen molar-refractivity contribution in [2.45, 2.75) is 97.8 Å². The zero-order chi connectivity index (χ0) is 26.2. The number of aryl methyl sites for hydroxylation is 2. The molecule has 0 bridgehead atoms. The molecule has 0 aliphatic carbocycles. The van der Waals surface area contributed by atoms with Crippen LogP contribution in [0.25, 0.3) is 0 Å². The summed E-state index contributed by atoms with van der Waals surface area (Å²) in [5.74, 6) is -0.336. The van der Waals surface area contributed by atoms with Gasteiger partial charge in [-0.2, -0.15) is 0 Å². The fraction of sp³-hybridized carbons (Fsp3) is 0.500. The first-order valence-corrected chi connectivity index (χ1v) is 13.9. The molecule has 0 aliphatic rings. The first-order valence-electron chi connectivity index (χ1n) is 13.5. The minimum atomic E-state index is -0.239. The molecule has 0 spiro atoms. The monoisotopic (exact) mass is 509 g/mol. The second-order valence-electron chi connectivity index (χ2n) is 9.59. The highest BCUT2D eigenvalue weighted by Gasteiger charge is 2.13. The molecule has 0 aliphatic heterocycles. The topological polar surface area (TPSA) is 70.2 Å². The molecule has 196 valence electrons. The molecule has 0 atom stereocenters. The summed E-state index contributed by atoms with van der Waals surface area (Å²) >= 11 is 5.33. The van der Waals surface area contributed by atoms with E-state index in [1.54, 1.807) is 18.2 Å². The third-order valence-electron chi connectivity index (χ3n) is 6.45. The third-order valence-corrected chi connectivity index (χ3v) is 6.65. The van der Waals surface area contributed by atoms with Gasteiger partial charge in [-0.1, -0.05) is 89.3 Å². The van der Waals surface area contributed by atoms with E-state index in [1.807, 2.05) is 38.1 Å². The minimum absolute atomic E-state index is 0.0968. The van der Waals surface area contributed by atoms with E-state index in [0.29, 0.717) is 17.7 Å². The highest BCUT2D eigenvalue weighted by atomic mass is 32.1. The maximum atomic E-state index is 12.9. The van der Waals surface area contributed by atoms with Crippen LogP contribution in [0.4, 0.5) is 11.4 Å². The van der Waals surface area contributed by atoms with Crippen molar-refractivity contribution in [3.8, 4) is 0 Å². The van der Waals surface area contributed by atoms with E-state index in [2.05, 4.69) is 22.9 Å². The Bertz CT molecular complexity index is 990. The second kappa shape index (κ2) is 16.9. The van der Waals surface area contributed by atoms with Gasteiger partial charge in [-0.15, -0.1) is 0 Å². The molecule has 36 heavy (non-hydrogen) atoms. The lowest BCUT2D eigenvalue weighted by molar-refractivity contribution is -0.119. The van der Waals surface area contributed by atoms with E-state index in [1.165, 1.54) is 63.4 Å². The SMILES string of the molecule is CCCCCCCCCCCCCC(=O)NC(=S)Nc1ccccc1C(=O)Nc1ccc(C)c(C)c1. The molecule has 2 rings (SSSR count). The van der Waals surface area contributed by atoms with Gasteiger partial charge in [0.15, 0.2) is 5.11 Å². The van der Waals surface area contributed by atoms with Gasteiger partial charge >= 0.3 is 0 Å². The number of nitrogens with one attached hydrogen (secondary N) is 3. The van der Waals surface area contributed by atoms with Crippen LogP contribution in [0, 0.1) is 13.8 Å². The molecular weight excluding hydrogens is 466 g/mol. The Morgan fingerprint density at radius 1 is 0.750 bits per heavy atom. The van der Waals surface area contributed by atoms with Gasteiger partial charge in [-0.05, 0) is 67.9 Å². The molecule has 2 aromatic carbocycles. The number of unbranched alkanes of at least 4 members (excludes halogenated alkanes) is 10. The van der Waals surface area contributed by atoms with Crippen molar-refractivity contribution < 1.29 is 9.59 Å². The summed E-state index contributed by atoms with van der Waals surface area (Å²) in [4.78, 5) is 25.2. The van der Waals surface area contributed by atoms with Crippen molar-refractivity contribution in [1.82, 2.24) is 5.32 Å². The van der Waals surface area contributed by atoms with Crippen LogP contribution < -0.4 is 16.0 Å². The largest absolute Gasteiger partial charge is 0.332 e. The Morgan fingerprint density at radius 2 is 1.36 bits per heavy atom. The molecule has 0 saturated heterocycles. The van der Waals surface area contributed by atoms with Crippen molar-refractivity contribution in [3.05, 3.63) is 59.2 Å². The zero-order valence-corrected chi connectivity index (χ0v) is 23.1. The highest BCUT2D eigenvalue weighted by Crippen LogP contribution is 2.19. The fourth-order valence-corrected chi connectivity index (χ4v) is 4.32. The molecule has 0 unspecified atom stereocenters. The van der Waals surface area contributed by atoms with Gasteiger partial charge in [-0.25, -0.2) is 0 Å². The maximum Gasteiger partial charge on any atom is 0.257 e. The summed E-state index contributed by atoms with van der Waals surface area (Å²) in [5, 5.41) is 8.89. The molecule has 3 N–H and O–H groups in total. The highest BCUT2D eigenvalue weighted by molar-refractivity contribution is 7.80. The quantitative estimate of drug-likeness (QED) is 0.168. The number of anilines is 2. The third kappa shape index (κ3) is 11.3. The standard InChI is InChI=1S/C30H43N3O2S/c1-4-5-6-7-8-9-10-11-12-13-14-19-28(34)33-30(36)32-27-18-16-15-17-26(27)29(35)31-25-21-20-23(2)24(3)22-25/h15-18,20-22H,4-14,19H2,1-3H3,(H,31,35)(H2,32,33,34,36). The van der Waals surface area contributed by atoms with Gasteiger partial charge in [0.05, 0.1) is 11.3 Å². The zero-order valence-electron chi connectivity index (χ0n) is 22.3. The Balaban J connectivity index is 1.69. The molecule has 2 amide bonds. The van der Waals surface area contributed by atoms with Crippen molar-refractivity contribution in [2.75, 3.05) is 10.6 Å². The van der Waals surface area contributed by atoms with Gasteiger partial charge < -0.3 is 16.0 Å². The molecule has 0 heterocycles. The molecule has 0 saturated carbocycles. The van der Waals surface area contributed by atoms with E-state index in [4.69, 9.17) is 12.2 Å². The summed E-state index contributed by atoms with van der Waals surface area (Å²) in [6, 6.07) is 12.9. The summed E-state index contributed by atoms with van der Waals surface area (Å²) in [6.07, 6.45) is 14.2. The van der Waals surface area contributed by atoms with Gasteiger partial charge in [-0.3, -0.25) is 9.59 Å². The number of benzene rings is 2. The molecule has 0 aromatic heterocycles.